The van der Waals surface area contributed by atoms with Crippen LogP contribution in [0.3, 0.4) is 0 Å². The summed E-state index contributed by atoms with van der Waals surface area (Å²) in [7, 11) is 1.61. The van der Waals surface area contributed by atoms with Gasteiger partial charge in [-0.1, -0.05) is 6.92 Å². The maximum Gasteiger partial charge on any atom is 0.254 e. The van der Waals surface area contributed by atoms with E-state index in [0.29, 0.717) is 55.3 Å². The molecule has 1 fully saturated rings. The number of piperidine rings is 1. The molecule has 3 heterocycles. The van der Waals surface area contributed by atoms with Crippen LogP contribution in [-0.2, 0) is 12.8 Å². The number of rotatable bonds is 2. The predicted octanol–water partition coefficient (Wildman–Crippen LogP) is 4.52. The van der Waals surface area contributed by atoms with E-state index in [4.69, 9.17) is 9.47 Å². The van der Waals surface area contributed by atoms with E-state index in [1.165, 1.54) is 10.4 Å². The summed E-state index contributed by atoms with van der Waals surface area (Å²) in [6.07, 6.45) is 4.98. The highest BCUT2D eigenvalue weighted by Crippen LogP contribution is 2.41. The van der Waals surface area contributed by atoms with Crippen LogP contribution in [-0.4, -0.2) is 42.4 Å². The van der Waals surface area contributed by atoms with Crippen LogP contribution >= 0.6 is 11.3 Å². The van der Waals surface area contributed by atoms with E-state index in [0.717, 1.165) is 24.8 Å². The summed E-state index contributed by atoms with van der Waals surface area (Å²) in [5, 5.41) is 2.05. The number of thiophene rings is 1. The van der Waals surface area contributed by atoms with Crippen molar-refractivity contribution in [3.8, 4) is 11.5 Å². The third-order valence-corrected chi connectivity index (χ3v) is 7.94. The van der Waals surface area contributed by atoms with E-state index in [9.17, 15) is 9.59 Å². The molecular formula is C24H27NO4S. The molecule has 1 saturated heterocycles. The van der Waals surface area contributed by atoms with Gasteiger partial charge in [0.05, 0.1) is 24.7 Å². The largest absolute Gasteiger partial charge is 0.497 e. The highest BCUT2D eigenvalue weighted by atomic mass is 32.1. The Bertz CT molecular complexity index is 1000. The molecule has 158 valence electrons. The fraction of sp³-hybridized carbons (Fsp3) is 0.500. The van der Waals surface area contributed by atoms with Crippen LogP contribution < -0.4 is 9.47 Å². The van der Waals surface area contributed by atoms with E-state index in [1.54, 1.807) is 36.6 Å². The standard InChI is InChI=1S/C24H27NO4S/c1-15-3-5-17-19(14-30-22(17)11-15)23(27)25-9-7-24(8-10-25)13-20(26)18-6-4-16(28-2)12-21(18)29-24/h4,6,12,14-15H,3,5,7-11,13H2,1-2H3. The molecule has 1 atom stereocenters. The highest BCUT2D eigenvalue weighted by molar-refractivity contribution is 7.10. The Morgan fingerprint density at radius 3 is 2.87 bits per heavy atom. The van der Waals surface area contributed by atoms with Crippen LogP contribution in [0.5, 0.6) is 11.5 Å². The lowest BCUT2D eigenvalue weighted by molar-refractivity contribution is -0.00582. The number of benzene rings is 1. The number of amides is 1. The quantitative estimate of drug-likeness (QED) is 0.710. The van der Waals surface area contributed by atoms with Gasteiger partial charge in [-0.2, -0.15) is 0 Å². The van der Waals surface area contributed by atoms with Gasteiger partial charge in [0.2, 0.25) is 0 Å². The van der Waals surface area contributed by atoms with E-state index in [2.05, 4.69) is 12.3 Å². The summed E-state index contributed by atoms with van der Waals surface area (Å²) in [6.45, 7) is 3.52. The van der Waals surface area contributed by atoms with Crippen molar-refractivity contribution in [2.45, 2.75) is 51.0 Å². The number of likely N-dealkylation sites (tertiary alicyclic amines) is 1. The number of ether oxygens (including phenoxy) is 2. The molecule has 1 unspecified atom stereocenters. The average molecular weight is 426 g/mol. The molecular weight excluding hydrogens is 398 g/mol. The topological polar surface area (TPSA) is 55.8 Å². The smallest absolute Gasteiger partial charge is 0.254 e. The van der Waals surface area contributed by atoms with E-state index < -0.39 is 5.60 Å². The van der Waals surface area contributed by atoms with Crippen molar-refractivity contribution in [1.82, 2.24) is 4.90 Å². The third-order valence-electron chi connectivity index (χ3n) is 6.89. The second-order valence-electron chi connectivity index (χ2n) is 8.94. The molecule has 0 radical (unpaired) electrons. The summed E-state index contributed by atoms with van der Waals surface area (Å²) < 4.78 is 11.6. The number of hydrogen-bond acceptors (Lipinski definition) is 5. The maximum absolute atomic E-state index is 13.2. The molecule has 0 saturated carbocycles. The fourth-order valence-electron chi connectivity index (χ4n) is 5.02. The van der Waals surface area contributed by atoms with Crippen molar-refractivity contribution < 1.29 is 19.1 Å². The number of hydrogen-bond donors (Lipinski definition) is 0. The fourth-order valence-corrected chi connectivity index (χ4v) is 6.26. The van der Waals surface area contributed by atoms with Gasteiger partial charge in [0.1, 0.15) is 17.1 Å². The van der Waals surface area contributed by atoms with E-state index in [-0.39, 0.29) is 11.7 Å². The van der Waals surface area contributed by atoms with Crippen LogP contribution in [0.15, 0.2) is 23.6 Å². The molecule has 2 aromatic rings. The summed E-state index contributed by atoms with van der Waals surface area (Å²) >= 11 is 1.74. The van der Waals surface area contributed by atoms with Gasteiger partial charge in [-0.25, -0.2) is 0 Å². The van der Waals surface area contributed by atoms with Crippen molar-refractivity contribution in [1.29, 1.82) is 0 Å². The molecule has 30 heavy (non-hydrogen) atoms. The van der Waals surface area contributed by atoms with E-state index >= 15 is 0 Å². The van der Waals surface area contributed by atoms with Gasteiger partial charge in [0.15, 0.2) is 5.78 Å². The van der Waals surface area contributed by atoms with Crippen molar-refractivity contribution in [2.24, 2.45) is 5.92 Å². The molecule has 1 spiro atoms. The van der Waals surface area contributed by atoms with Gasteiger partial charge in [-0.15, -0.1) is 11.3 Å². The lowest BCUT2D eigenvalue weighted by Gasteiger charge is -2.44. The SMILES string of the molecule is COc1ccc2c(c1)OC1(CCN(C(=O)c3csc4c3CCC(C)C4)CC1)CC2=O. The molecule has 1 aliphatic carbocycles. The molecule has 2 aliphatic heterocycles. The molecule has 3 aliphatic rings. The first-order valence-electron chi connectivity index (χ1n) is 10.8. The van der Waals surface area contributed by atoms with E-state index in [1.807, 2.05) is 4.90 Å². The Hall–Kier alpha value is -2.34. The second-order valence-corrected chi connectivity index (χ2v) is 9.90. The number of carbonyl (C=O) groups excluding carboxylic acids is 2. The van der Waals surface area contributed by atoms with Crippen molar-refractivity contribution in [2.75, 3.05) is 20.2 Å². The molecule has 5 rings (SSSR count). The first-order valence-corrected chi connectivity index (χ1v) is 11.6. The van der Waals surface area contributed by atoms with Gasteiger partial charge in [0, 0.05) is 42.3 Å². The summed E-state index contributed by atoms with van der Waals surface area (Å²) in [6, 6.07) is 5.37. The number of ketones is 1. The zero-order valence-corrected chi connectivity index (χ0v) is 18.3. The monoisotopic (exact) mass is 425 g/mol. The van der Waals surface area contributed by atoms with Crippen LogP contribution in [0.25, 0.3) is 0 Å². The van der Waals surface area contributed by atoms with Crippen molar-refractivity contribution >= 4 is 23.0 Å². The number of nitrogens with zero attached hydrogens (tertiary/aromatic N) is 1. The molecule has 0 N–H and O–H groups in total. The Labute approximate surface area is 181 Å². The van der Waals surface area contributed by atoms with Gasteiger partial charge in [-0.05, 0) is 42.9 Å². The minimum absolute atomic E-state index is 0.111. The third kappa shape index (κ3) is 3.31. The molecule has 1 amide bonds. The first kappa shape index (κ1) is 19.6. The zero-order valence-electron chi connectivity index (χ0n) is 17.5. The number of fused-ring (bicyclic) bond motifs is 2. The predicted molar refractivity (Wildman–Crippen MR) is 116 cm³/mol. The number of carbonyl (C=O) groups is 2. The first-order chi connectivity index (χ1) is 14.5. The van der Waals surface area contributed by atoms with Crippen LogP contribution in [0.1, 0.15) is 63.8 Å². The Kier molecular flexibility index (Phi) is 4.85. The van der Waals surface area contributed by atoms with Gasteiger partial charge in [0.25, 0.3) is 5.91 Å². The van der Waals surface area contributed by atoms with Crippen LogP contribution in [0, 0.1) is 5.92 Å². The number of methoxy groups -OCH3 is 1. The van der Waals surface area contributed by atoms with Crippen molar-refractivity contribution in [3.05, 3.63) is 45.1 Å². The Morgan fingerprint density at radius 2 is 2.10 bits per heavy atom. The summed E-state index contributed by atoms with van der Waals surface area (Å²) in [4.78, 5) is 29.3. The molecule has 0 bridgehead atoms. The second kappa shape index (κ2) is 7.41. The summed E-state index contributed by atoms with van der Waals surface area (Å²) in [5.74, 6) is 2.24. The summed E-state index contributed by atoms with van der Waals surface area (Å²) in [5.41, 5.74) is 2.28. The number of Topliss-reactive ketones (excluding diaryl/α,β-unsaturated/α-hetero) is 1. The Morgan fingerprint density at radius 1 is 1.30 bits per heavy atom. The average Bonchev–Trinajstić information content (AvgIpc) is 3.16. The van der Waals surface area contributed by atoms with Crippen LogP contribution in [0.4, 0.5) is 0 Å². The molecule has 5 nitrogen and oxygen atoms in total. The van der Waals surface area contributed by atoms with Crippen molar-refractivity contribution in [3.63, 3.8) is 0 Å². The normalized spacial score (nSPS) is 22.3. The molecule has 1 aromatic carbocycles. The Balaban J connectivity index is 1.31. The van der Waals surface area contributed by atoms with Gasteiger partial charge < -0.3 is 14.4 Å². The minimum Gasteiger partial charge on any atom is -0.497 e. The lowest BCUT2D eigenvalue weighted by Crippen LogP contribution is -2.52. The zero-order chi connectivity index (χ0) is 20.9. The van der Waals surface area contributed by atoms with Crippen LogP contribution in [0.2, 0.25) is 0 Å². The lowest BCUT2D eigenvalue weighted by atomic mass is 9.82. The molecule has 1 aromatic heterocycles. The van der Waals surface area contributed by atoms with Gasteiger partial charge >= 0.3 is 0 Å². The molecule has 6 heteroatoms. The van der Waals surface area contributed by atoms with Gasteiger partial charge in [-0.3, -0.25) is 9.59 Å². The minimum atomic E-state index is -0.517. The highest BCUT2D eigenvalue weighted by Gasteiger charge is 2.44. The maximum atomic E-state index is 13.2.